The van der Waals surface area contributed by atoms with Gasteiger partial charge in [-0.25, -0.2) is 0 Å². The van der Waals surface area contributed by atoms with Crippen LogP contribution in [0, 0.1) is 22.0 Å². The molecule has 0 aromatic heterocycles. The lowest BCUT2D eigenvalue weighted by atomic mass is 9.81. The molecule has 4 atom stereocenters. The van der Waals surface area contributed by atoms with Crippen LogP contribution in [0.25, 0.3) is 0 Å². The number of amides is 3. The summed E-state index contributed by atoms with van der Waals surface area (Å²) < 4.78 is 0. The van der Waals surface area contributed by atoms with Crippen LogP contribution in [0.1, 0.15) is 6.42 Å². The molecule has 2 fully saturated rings. The van der Waals surface area contributed by atoms with Crippen LogP contribution in [0.4, 0.5) is 17.1 Å². The number of rotatable bonds is 5. The Kier molecular flexibility index (Phi) is 6.36. The second-order valence-electron chi connectivity index (χ2n) is 7.55. The number of nitro groups is 1. The van der Waals surface area contributed by atoms with Crippen molar-refractivity contribution in [1.29, 1.82) is 0 Å². The van der Waals surface area contributed by atoms with Gasteiger partial charge >= 0.3 is 0 Å². The number of nitrogens with zero attached hydrogens (tertiary/aromatic N) is 1. The number of halogens is 2. The minimum atomic E-state index is -0.952. The summed E-state index contributed by atoms with van der Waals surface area (Å²) in [5.74, 6) is -3.21. The van der Waals surface area contributed by atoms with Crippen molar-refractivity contribution in [3.05, 3.63) is 62.6 Å². The molecule has 5 N–H and O–H groups in total. The van der Waals surface area contributed by atoms with Crippen molar-refractivity contribution in [2.45, 2.75) is 18.9 Å². The smallest absolute Gasteiger partial charge is 0.269 e. The van der Waals surface area contributed by atoms with E-state index in [1.165, 1.54) is 24.3 Å². The van der Waals surface area contributed by atoms with Gasteiger partial charge in [0.1, 0.15) is 0 Å². The molecule has 0 aliphatic carbocycles. The van der Waals surface area contributed by atoms with Crippen molar-refractivity contribution in [2.24, 2.45) is 11.8 Å². The molecule has 4 unspecified atom stereocenters. The Morgan fingerprint density at radius 3 is 2.48 bits per heavy atom. The minimum absolute atomic E-state index is 0.125. The number of nitrogens with one attached hydrogen (secondary N) is 5. The van der Waals surface area contributed by atoms with Gasteiger partial charge < -0.3 is 21.3 Å². The molecule has 2 aliphatic rings. The summed E-state index contributed by atoms with van der Waals surface area (Å²) in [7, 11) is 0. The van der Waals surface area contributed by atoms with E-state index in [0.29, 0.717) is 21.4 Å². The average Bonchev–Trinajstić information content (AvgIpc) is 2.75. The summed E-state index contributed by atoms with van der Waals surface area (Å²) in [5, 5.41) is 25.7. The van der Waals surface area contributed by atoms with Crippen LogP contribution in [0.5, 0.6) is 0 Å². The zero-order valence-electron chi connectivity index (χ0n) is 16.8. The third kappa shape index (κ3) is 5.00. The first-order chi connectivity index (χ1) is 15.7. The van der Waals surface area contributed by atoms with Crippen molar-refractivity contribution in [1.82, 2.24) is 16.0 Å². The highest BCUT2D eigenvalue weighted by molar-refractivity contribution is 6.36. The predicted octanol–water partition coefficient (Wildman–Crippen LogP) is 2.03. The van der Waals surface area contributed by atoms with Crippen LogP contribution in [-0.2, 0) is 14.4 Å². The van der Waals surface area contributed by atoms with Crippen molar-refractivity contribution in [3.8, 4) is 0 Å². The zero-order chi connectivity index (χ0) is 23.7. The van der Waals surface area contributed by atoms with Gasteiger partial charge in [-0.1, -0.05) is 23.2 Å². The average molecular weight is 493 g/mol. The molecule has 11 nitrogen and oxygen atoms in total. The highest BCUT2D eigenvalue weighted by Gasteiger charge is 2.48. The maximum Gasteiger partial charge on any atom is 0.269 e. The van der Waals surface area contributed by atoms with E-state index in [-0.39, 0.29) is 12.1 Å². The molecule has 0 saturated carbocycles. The maximum atomic E-state index is 12.9. The van der Waals surface area contributed by atoms with E-state index in [2.05, 4.69) is 26.6 Å². The van der Waals surface area contributed by atoms with Crippen LogP contribution in [0.2, 0.25) is 10.0 Å². The second kappa shape index (κ2) is 9.22. The number of anilines is 2. The Hall–Kier alpha value is -3.41. The van der Waals surface area contributed by atoms with E-state index in [0.717, 1.165) is 0 Å². The highest BCUT2D eigenvalue weighted by Crippen LogP contribution is 2.30. The Labute approximate surface area is 197 Å². The lowest BCUT2D eigenvalue weighted by Gasteiger charge is -2.43. The Balaban J connectivity index is 1.47. The third-order valence-corrected chi connectivity index (χ3v) is 5.91. The van der Waals surface area contributed by atoms with Crippen LogP contribution < -0.4 is 26.6 Å². The topological polar surface area (TPSA) is 154 Å². The fourth-order valence-electron chi connectivity index (χ4n) is 3.82. The molecule has 2 aromatic rings. The van der Waals surface area contributed by atoms with Gasteiger partial charge in [0.25, 0.3) is 5.69 Å². The maximum absolute atomic E-state index is 12.9. The molecule has 2 aromatic carbocycles. The SMILES string of the molecule is O=C1CC(C(=O)Nc2ccc([N+](=O)[O-])cc2)C2C(=O)NC(Nc3ccc(Cl)cc3Cl)NC2N1. The molecule has 0 spiro atoms. The molecular weight excluding hydrogens is 475 g/mol. The van der Waals surface area contributed by atoms with Gasteiger partial charge in [-0.05, 0) is 30.3 Å². The third-order valence-electron chi connectivity index (χ3n) is 5.36. The Bertz CT molecular complexity index is 1130. The van der Waals surface area contributed by atoms with Crippen LogP contribution in [-0.4, -0.2) is 35.1 Å². The minimum Gasteiger partial charge on any atom is -0.352 e. The number of nitro benzene ring substituents is 1. The molecule has 2 aliphatic heterocycles. The first-order valence-corrected chi connectivity index (χ1v) is 10.6. The van der Waals surface area contributed by atoms with Crippen LogP contribution in [0.3, 0.4) is 0 Å². The van der Waals surface area contributed by atoms with Gasteiger partial charge in [0.2, 0.25) is 17.7 Å². The number of benzene rings is 2. The van der Waals surface area contributed by atoms with Gasteiger partial charge in [0, 0.05) is 29.3 Å². The molecule has 0 bridgehead atoms. The molecule has 4 rings (SSSR count). The highest BCUT2D eigenvalue weighted by atomic mass is 35.5. The van der Waals surface area contributed by atoms with Crippen molar-refractivity contribution < 1.29 is 19.3 Å². The summed E-state index contributed by atoms with van der Waals surface area (Å²) in [6.07, 6.45) is -1.76. The van der Waals surface area contributed by atoms with Crippen LogP contribution >= 0.6 is 23.2 Å². The van der Waals surface area contributed by atoms with E-state index >= 15 is 0 Å². The molecule has 3 amide bonds. The molecule has 172 valence electrons. The number of carbonyl (C=O) groups is 3. The second-order valence-corrected chi connectivity index (χ2v) is 8.40. The van der Waals surface area contributed by atoms with Crippen molar-refractivity contribution >= 4 is 58.0 Å². The zero-order valence-corrected chi connectivity index (χ0v) is 18.3. The van der Waals surface area contributed by atoms with Crippen molar-refractivity contribution in [3.63, 3.8) is 0 Å². The molecule has 0 radical (unpaired) electrons. The number of hydrogen-bond acceptors (Lipinski definition) is 7. The first kappa shape index (κ1) is 22.8. The molecule has 2 saturated heterocycles. The number of non-ortho nitro benzene ring substituents is 1. The van der Waals surface area contributed by atoms with Gasteiger partial charge in [-0.15, -0.1) is 0 Å². The van der Waals surface area contributed by atoms with E-state index in [1.807, 2.05) is 0 Å². The summed E-state index contributed by atoms with van der Waals surface area (Å²) >= 11 is 12.1. The van der Waals surface area contributed by atoms with E-state index in [9.17, 15) is 24.5 Å². The summed E-state index contributed by atoms with van der Waals surface area (Å²) in [6, 6.07) is 10.1. The monoisotopic (exact) mass is 492 g/mol. The van der Waals surface area contributed by atoms with Gasteiger partial charge in [0.05, 0.1) is 33.6 Å². The number of piperidine rings is 1. The van der Waals surface area contributed by atoms with Crippen LogP contribution in [0.15, 0.2) is 42.5 Å². The summed E-state index contributed by atoms with van der Waals surface area (Å²) in [4.78, 5) is 48.3. The normalized spacial score (nSPS) is 24.2. The standard InChI is InChI=1S/C20H18Cl2N6O5/c21-9-1-6-14(13(22)7-9)24-20-26-17-16(19(31)27-20)12(8-15(29)25-17)18(30)23-10-2-4-11(5-3-10)28(32)33/h1-7,12,16-17,20,24,26H,8H2,(H,23,30)(H,25,29)(H,27,31). The lowest BCUT2D eigenvalue weighted by molar-refractivity contribution is -0.384. The van der Waals surface area contributed by atoms with E-state index in [1.54, 1.807) is 18.2 Å². The number of fused-ring (bicyclic) bond motifs is 1. The fourth-order valence-corrected chi connectivity index (χ4v) is 4.28. The van der Waals surface area contributed by atoms with E-state index in [4.69, 9.17) is 23.2 Å². The first-order valence-electron chi connectivity index (χ1n) is 9.84. The van der Waals surface area contributed by atoms with E-state index < -0.39 is 46.9 Å². The van der Waals surface area contributed by atoms with Crippen molar-refractivity contribution in [2.75, 3.05) is 10.6 Å². The predicted molar refractivity (Wildman–Crippen MR) is 120 cm³/mol. The summed E-state index contributed by atoms with van der Waals surface area (Å²) in [5.41, 5.74) is 0.696. The quantitative estimate of drug-likeness (QED) is 0.315. The Morgan fingerprint density at radius 2 is 1.82 bits per heavy atom. The number of hydrogen-bond donors (Lipinski definition) is 5. The van der Waals surface area contributed by atoms with Gasteiger partial charge in [-0.2, -0.15) is 0 Å². The lowest BCUT2D eigenvalue weighted by Crippen LogP contribution is -2.72. The summed E-state index contributed by atoms with van der Waals surface area (Å²) in [6.45, 7) is 0. The molecular formula is C20H18Cl2N6O5. The molecule has 33 heavy (non-hydrogen) atoms. The fraction of sp³-hybridized carbons (Fsp3) is 0.250. The Morgan fingerprint density at radius 1 is 1.09 bits per heavy atom. The van der Waals surface area contributed by atoms with Gasteiger partial charge in [-0.3, -0.25) is 29.8 Å². The van der Waals surface area contributed by atoms with Gasteiger partial charge in [0.15, 0.2) is 6.29 Å². The largest absolute Gasteiger partial charge is 0.352 e. The molecule has 2 heterocycles. The molecule has 13 heteroatoms. The number of carbonyl (C=O) groups excluding carboxylic acids is 3.